The van der Waals surface area contributed by atoms with Crippen molar-refractivity contribution in [1.29, 1.82) is 0 Å². The van der Waals surface area contributed by atoms with Crippen LogP contribution in [-0.2, 0) is 15.5 Å². The molecular weight excluding hydrogens is 244 g/mol. The summed E-state index contributed by atoms with van der Waals surface area (Å²) in [4.78, 5) is 10.6. The van der Waals surface area contributed by atoms with Gasteiger partial charge in [0, 0.05) is 6.61 Å². The van der Waals surface area contributed by atoms with Gasteiger partial charge < -0.3 is 14.3 Å². The molecule has 1 aromatic rings. The highest BCUT2D eigenvalue weighted by atomic mass is 32.2. The normalized spacial score (nSPS) is 12.9. The molecule has 0 amide bonds. The van der Waals surface area contributed by atoms with Gasteiger partial charge in [-0.25, -0.2) is 4.79 Å². The van der Waals surface area contributed by atoms with E-state index < -0.39 is 16.8 Å². The van der Waals surface area contributed by atoms with Crippen LogP contribution in [0.25, 0.3) is 0 Å². The lowest BCUT2D eigenvalue weighted by atomic mass is 10.2. The third-order valence-electron chi connectivity index (χ3n) is 1.88. The number of carboxylic acid groups (broad SMARTS) is 1. The molecule has 1 heterocycles. The Labute approximate surface area is 102 Å². The van der Waals surface area contributed by atoms with E-state index in [9.17, 15) is 9.00 Å². The van der Waals surface area contributed by atoms with Gasteiger partial charge in [0.2, 0.25) is 5.76 Å². The van der Waals surface area contributed by atoms with Crippen molar-refractivity contribution in [1.82, 2.24) is 0 Å². The Kier molecular flexibility index (Phi) is 5.37. The Morgan fingerprint density at radius 1 is 1.53 bits per heavy atom. The fraction of sp³-hybridized carbons (Fsp3) is 0.545. The Morgan fingerprint density at radius 2 is 2.24 bits per heavy atom. The first-order chi connectivity index (χ1) is 8.00. The van der Waals surface area contributed by atoms with Crippen molar-refractivity contribution in [2.24, 2.45) is 5.92 Å². The summed E-state index contributed by atoms with van der Waals surface area (Å²) in [5, 5.41) is 8.81. The quantitative estimate of drug-likeness (QED) is 0.756. The molecule has 1 aromatic heterocycles. The molecule has 0 radical (unpaired) electrons. The Bertz CT molecular complexity index is 396. The van der Waals surface area contributed by atoms with Crippen LogP contribution in [0.4, 0.5) is 0 Å². The maximum absolute atomic E-state index is 11.7. The van der Waals surface area contributed by atoms with Gasteiger partial charge in [0.25, 0.3) is 0 Å². The van der Waals surface area contributed by atoms with Crippen molar-refractivity contribution in [3.8, 4) is 0 Å². The largest absolute Gasteiger partial charge is 0.475 e. The monoisotopic (exact) mass is 260 g/mol. The molecule has 1 rings (SSSR count). The number of hydrogen-bond donors (Lipinski definition) is 1. The SMILES string of the molecule is CC(C)COCCS(=O)c1ccc(C(=O)O)o1. The van der Waals surface area contributed by atoms with Crippen molar-refractivity contribution in [3.63, 3.8) is 0 Å². The van der Waals surface area contributed by atoms with Crippen LogP contribution in [0.2, 0.25) is 0 Å². The maximum atomic E-state index is 11.7. The van der Waals surface area contributed by atoms with Crippen LogP contribution in [0.3, 0.4) is 0 Å². The number of furan rings is 1. The highest BCUT2D eigenvalue weighted by molar-refractivity contribution is 7.84. The lowest BCUT2D eigenvalue weighted by molar-refractivity contribution is 0.0656. The Hall–Kier alpha value is -1.14. The number of aromatic carboxylic acids is 1. The predicted molar refractivity (Wildman–Crippen MR) is 62.6 cm³/mol. The van der Waals surface area contributed by atoms with Gasteiger partial charge in [-0.05, 0) is 18.1 Å². The second-order valence-electron chi connectivity index (χ2n) is 3.94. The molecule has 0 aliphatic heterocycles. The van der Waals surface area contributed by atoms with Gasteiger partial charge in [-0.15, -0.1) is 0 Å². The van der Waals surface area contributed by atoms with Gasteiger partial charge in [0.1, 0.15) is 0 Å². The Balaban J connectivity index is 2.39. The number of carbonyl (C=O) groups is 1. The van der Waals surface area contributed by atoms with Gasteiger partial charge in [-0.2, -0.15) is 0 Å². The average Bonchev–Trinajstić information content (AvgIpc) is 2.73. The summed E-state index contributed by atoms with van der Waals surface area (Å²) in [5.41, 5.74) is 0. The van der Waals surface area contributed by atoms with Crippen LogP contribution in [-0.4, -0.2) is 34.3 Å². The van der Waals surface area contributed by atoms with E-state index in [2.05, 4.69) is 0 Å². The number of hydrogen-bond acceptors (Lipinski definition) is 4. The fourth-order valence-corrected chi connectivity index (χ4v) is 1.98. The van der Waals surface area contributed by atoms with Crippen LogP contribution in [0.1, 0.15) is 24.4 Å². The summed E-state index contributed by atoms with van der Waals surface area (Å²) < 4.78 is 21.9. The third-order valence-corrected chi connectivity index (χ3v) is 3.09. The van der Waals surface area contributed by atoms with E-state index in [0.29, 0.717) is 24.9 Å². The molecule has 6 heteroatoms. The van der Waals surface area contributed by atoms with Crippen LogP contribution in [0.15, 0.2) is 21.6 Å². The van der Waals surface area contributed by atoms with Gasteiger partial charge in [0.15, 0.2) is 5.09 Å². The van der Waals surface area contributed by atoms with Crippen molar-refractivity contribution >= 4 is 16.8 Å². The minimum absolute atomic E-state index is 0.176. The highest BCUT2D eigenvalue weighted by Crippen LogP contribution is 2.12. The summed E-state index contributed by atoms with van der Waals surface area (Å²) in [6.45, 7) is 5.05. The van der Waals surface area contributed by atoms with Gasteiger partial charge >= 0.3 is 5.97 Å². The molecule has 1 N–H and O–H groups in total. The Morgan fingerprint density at radius 3 is 2.76 bits per heavy atom. The first-order valence-corrected chi connectivity index (χ1v) is 6.62. The predicted octanol–water partition coefficient (Wildman–Crippen LogP) is 1.76. The molecule has 17 heavy (non-hydrogen) atoms. The standard InChI is InChI=1S/C11H16O5S/c1-8(2)7-15-5-6-17(14)10-4-3-9(16-10)11(12)13/h3-4,8H,5-7H2,1-2H3,(H,12,13). The van der Waals surface area contributed by atoms with Crippen LogP contribution in [0.5, 0.6) is 0 Å². The minimum atomic E-state index is -1.35. The van der Waals surface area contributed by atoms with Crippen LogP contribution < -0.4 is 0 Å². The molecule has 0 fully saturated rings. The molecule has 0 aromatic carbocycles. The molecule has 0 saturated carbocycles. The van der Waals surface area contributed by atoms with Gasteiger partial charge in [-0.3, -0.25) is 4.21 Å². The minimum Gasteiger partial charge on any atom is -0.475 e. The lowest BCUT2D eigenvalue weighted by Gasteiger charge is -2.05. The number of rotatable bonds is 7. The van der Waals surface area contributed by atoms with E-state index in [0.717, 1.165) is 0 Å². The molecule has 0 saturated heterocycles. The van der Waals surface area contributed by atoms with E-state index in [1.54, 1.807) is 0 Å². The second kappa shape index (κ2) is 6.56. The lowest BCUT2D eigenvalue weighted by Crippen LogP contribution is -2.09. The fourth-order valence-electron chi connectivity index (χ4n) is 1.11. The summed E-state index contributed by atoms with van der Waals surface area (Å²) in [6, 6.07) is 2.71. The highest BCUT2D eigenvalue weighted by Gasteiger charge is 2.13. The smallest absolute Gasteiger partial charge is 0.371 e. The average molecular weight is 260 g/mol. The first-order valence-electron chi connectivity index (χ1n) is 5.30. The van der Waals surface area contributed by atoms with E-state index in [1.165, 1.54) is 12.1 Å². The van der Waals surface area contributed by atoms with E-state index in [-0.39, 0.29) is 10.9 Å². The number of carboxylic acids is 1. The third kappa shape index (κ3) is 4.70. The molecular formula is C11H16O5S. The van der Waals surface area contributed by atoms with E-state index >= 15 is 0 Å². The van der Waals surface area contributed by atoms with Crippen LogP contribution >= 0.6 is 0 Å². The maximum Gasteiger partial charge on any atom is 0.371 e. The number of ether oxygens (including phenoxy) is 1. The van der Waals surface area contributed by atoms with Crippen molar-refractivity contribution in [2.75, 3.05) is 19.0 Å². The van der Waals surface area contributed by atoms with Crippen LogP contribution in [0, 0.1) is 5.92 Å². The first kappa shape index (κ1) is 13.9. The van der Waals surface area contributed by atoms with Gasteiger partial charge in [0.05, 0.1) is 23.2 Å². The zero-order valence-electron chi connectivity index (χ0n) is 9.84. The zero-order valence-corrected chi connectivity index (χ0v) is 10.7. The summed E-state index contributed by atoms with van der Waals surface area (Å²) in [5.74, 6) is -0.620. The van der Waals surface area contributed by atoms with Crippen molar-refractivity contribution < 1.29 is 23.3 Å². The zero-order chi connectivity index (χ0) is 12.8. The molecule has 0 bridgehead atoms. The molecule has 1 atom stereocenters. The van der Waals surface area contributed by atoms with Crippen molar-refractivity contribution in [2.45, 2.75) is 18.9 Å². The van der Waals surface area contributed by atoms with Crippen molar-refractivity contribution in [3.05, 3.63) is 17.9 Å². The topological polar surface area (TPSA) is 76.7 Å². The molecule has 5 nitrogen and oxygen atoms in total. The summed E-state index contributed by atoms with van der Waals surface area (Å²) in [7, 11) is -1.35. The summed E-state index contributed by atoms with van der Waals surface area (Å²) >= 11 is 0. The molecule has 0 spiro atoms. The molecule has 1 unspecified atom stereocenters. The van der Waals surface area contributed by atoms with Gasteiger partial charge in [-0.1, -0.05) is 13.8 Å². The summed E-state index contributed by atoms with van der Waals surface area (Å²) in [6.07, 6.45) is 0. The molecule has 0 aliphatic rings. The molecule has 96 valence electrons. The van der Waals surface area contributed by atoms with E-state index in [1.807, 2.05) is 13.8 Å². The second-order valence-corrected chi connectivity index (χ2v) is 5.44. The van der Waals surface area contributed by atoms with E-state index in [4.69, 9.17) is 14.3 Å². The molecule has 0 aliphatic carbocycles.